The van der Waals surface area contributed by atoms with E-state index in [-0.39, 0.29) is 22.9 Å². The summed E-state index contributed by atoms with van der Waals surface area (Å²) < 4.78 is 3.75. The van der Waals surface area contributed by atoms with Gasteiger partial charge in [0.2, 0.25) is 0 Å². The summed E-state index contributed by atoms with van der Waals surface area (Å²) in [5, 5.41) is 33.3. The maximum absolute atomic E-state index is 10.7. The van der Waals surface area contributed by atoms with Gasteiger partial charge in [-0.05, 0) is 64.8 Å². The number of phenols is 1. The molecular weight excluding hydrogens is 402 g/mol. The van der Waals surface area contributed by atoms with E-state index in [2.05, 4.69) is 53.4 Å². The number of aromatic nitrogens is 6. The Kier molecular flexibility index (Phi) is 4.60. The van der Waals surface area contributed by atoms with Gasteiger partial charge in [-0.3, -0.25) is 4.68 Å². The van der Waals surface area contributed by atoms with E-state index >= 15 is 0 Å². The first kappa shape index (κ1) is 20.6. The molecule has 1 fully saturated rings. The van der Waals surface area contributed by atoms with Crippen molar-refractivity contribution in [3.05, 3.63) is 42.7 Å². The lowest BCUT2D eigenvalue weighted by Crippen LogP contribution is -2.58. The Hall–Kier alpha value is -3.26. The molecule has 2 N–H and O–H groups in total. The van der Waals surface area contributed by atoms with E-state index in [1.807, 2.05) is 48.4 Å². The summed E-state index contributed by atoms with van der Waals surface area (Å²) in [6.45, 7) is 8.92. The second-order valence-electron chi connectivity index (χ2n) is 10.2. The van der Waals surface area contributed by atoms with E-state index in [0.29, 0.717) is 11.3 Å². The number of aromatic hydroxyl groups is 1. The molecule has 1 saturated heterocycles. The normalized spacial score (nSPS) is 18.3. The van der Waals surface area contributed by atoms with Gasteiger partial charge >= 0.3 is 0 Å². The maximum Gasteiger partial charge on any atom is 0.180 e. The molecule has 166 valence electrons. The minimum atomic E-state index is 0.0131. The molecular formula is C24H29N7O. The van der Waals surface area contributed by atoms with E-state index in [4.69, 9.17) is 0 Å². The zero-order chi connectivity index (χ0) is 22.7. The molecule has 0 bridgehead atoms. The summed E-state index contributed by atoms with van der Waals surface area (Å²) in [6, 6.07) is 9.61. The third kappa shape index (κ3) is 3.75. The lowest BCUT2D eigenvalue weighted by molar-refractivity contribution is 0.128. The molecule has 0 radical (unpaired) electrons. The summed E-state index contributed by atoms with van der Waals surface area (Å²) >= 11 is 0. The standard InChI is InChI=1S/C24H29N7O/c1-23(2)12-17(13-24(3,4)29-23)31-22-16(14-25-31)10-20(26-27-22)18-7-6-15(11-21(18)32)19-8-9-30(5)28-19/h6-11,14,17,29,32H,12-13H2,1-5H3. The molecule has 1 aliphatic heterocycles. The number of nitrogens with one attached hydrogen (secondary N) is 1. The third-order valence-corrected chi connectivity index (χ3v) is 6.14. The lowest BCUT2D eigenvalue weighted by atomic mass is 9.79. The number of rotatable bonds is 3. The second kappa shape index (κ2) is 7.13. The zero-order valence-corrected chi connectivity index (χ0v) is 19.2. The van der Waals surface area contributed by atoms with Crippen LogP contribution < -0.4 is 5.32 Å². The Morgan fingerprint density at radius 2 is 1.75 bits per heavy atom. The van der Waals surface area contributed by atoms with Crippen LogP contribution in [0.15, 0.2) is 42.7 Å². The van der Waals surface area contributed by atoms with Gasteiger partial charge in [-0.1, -0.05) is 6.07 Å². The fourth-order valence-electron chi connectivity index (χ4n) is 5.17. The number of hydrogen-bond donors (Lipinski definition) is 2. The number of benzene rings is 1. The quantitative estimate of drug-likeness (QED) is 0.508. The molecule has 4 heterocycles. The lowest BCUT2D eigenvalue weighted by Gasteiger charge is -2.46. The van der Waals surface area contributed by atoms with Gasteiger partial charge < -0.3 is 10.4 Å². The number of piperidine rings is 1. The van der Waals surface area contributed by atoms with Crippen LogP contribution in [0.1, 0.15) is 46.6 Å². The molecule has 0 aliphatic carbocycles. The smallest absolute Gasteiger partial charge is 0.180 e. The average Bonchev–Trinajstić information content (AvgIpc) is 3.31. The van der Waals surface area contributed by atoms with Crippen molar-refractivity contribution >= 4 is 11.0 Å². The van der Waals surface area contributed by atoms with Crippen molar-refractivity contribution in [3.63, 3.8) is 0 Å². The van der Waals surface area contributed by atoms with E-state index in [9.17, 15) is 5.11 Å². The van der Waals surface area contributed by atoms with Gasteiger partial charge in [-0.15, -0.1) is 10.2 Å². The highest BCUT2D eigenvalue weighted by molar-refractivity contribution is 5.81. The molecule has 8 heteroatoms. The molecule has 32 heavy (non-hydrogen) atoms. The topological polar surface area (TPSA) is 93.7 Å². The highest BCUT2D eigenvalue weighted by Crippen LogP contribution is 2.37. The van der Waals surface area contributed by atoms with Gasteiger partial charge in [0.25, 0.3) is 0 Å². The Labute approximate surface area is 187 Å². The third-order valence-electron chi connectivity index (χ3n) is 6.14. The first-order valence-electron chi connectivity index (χ1n) is 10.9. The van der Waals surface area contributed by atoms with Crippen LogP contribution in [-0.4, -0.2) is 45.9 Å². The molecule has 4 aromatic rings. The monoisotopic (exact) mass is 431 g/mol. The van der Waals surface area contributed by atoms with Crippen molar-refractivity contribution in [3.8, 4) is 28.3 Å². The molecule has 0 saturated carbocycles. The molecule has 8 nitrogen and oxygen atoms in total. The zero-order valence-electron chi connectivity index (χ0n) is 19.2. The van der Waals surface area contributed by atoms with Crippen LogP contribution in [0, 0.1) is 0 Å². The Morgan fingerprint density at radius 3 is 2.41 bits per heavy atom. The first-order valence-corrected chi connectivity index (χ1v) is 10.9. The molecule has 1 aliphatic rings. The molecule has 0 amide bonds. The largest absolute Gasteiger partial charge is 0.507 e. The summed E-state index contributed by atoms with van der Waals surface area (Å²) in [6.07, 6.45) is 5.65. The SMILES string of the molecule is Cn1ccc(-c2ccc(-c3cc4cnn(C5CC(C)(C)NC(C)(C)C5)c4nn3)c(O)c2)n1. The van der Waals surface area contributed by atoms with E-state index in [1.54, 1.807) is 10.7 Å². The summed E-state index contributed by atoms with van der Waals surface area (Å²) in [4.78, 5) is 0. The van der Waals surface area contributed by atoms with Crippen molar-refractivity contribution in [1.29, 1.82) is 0 Å². The predicted molar refractivity (Wildman–Crippen MR) is 124 cm³/mol. The average molecular weight is 432 g/mol. The summed E-state index contributed by atoms with van der Waals surface area (Å²) in [5.74, 6) is 0.149. The van der Waals surface area contributed by atoms with Crippen LogP contribution >= 0.6 is 0 Å². The summed E-state index contributed by atoms with van der Waals surface area (Å²) in [5.41, 5.74) is 3.72. The first-order chi connectivity index (χ1) is 15.1. The van der Waals surface area contributed by atoms with Crippen molar-refractivity contribution in [1.82, 2.24) is 35.1 Å². The predicted octanol–water partition coefficient (Wildman–Crippen LogP) is 4.08. The van der Waals surface area contributed by atoms with Crippen LogP contribution in [0.2, 0.25) is 0 Å². The number of aryl methyl sites for hydroxylation is 1. The van der Waals surface area contributed by atoms with Gasteiger partial charge in [-0.2, -0.15) is 10.2 Å². The van der Waals surface area contributed by atoms with E-state index in [0.717, 1.165) is 35.1 Å². The van der Waals surface area contributed by atoms with Crippen molar-refractivity contribution < 1.29 is 5.11 Å². The van der Waals surface area contributed by atoms with Crippen LogP contribution in [0.3, 0.4) is 0 Å². The molecule has 0 atom stereocenters. The fourth-order valence-corrected chi connectivity index (χ4v) is 5.17. The summed E-state index contributed by atoms with van der Waals surface area (Å²) in [7, 11) is 1.87. The van der Waals surface area contributed by atoms with Gasteiger partial charge in [0.1, 0.15) is 5.75 Å². The Balaban J connectivity index is 1.48. The molecule has 5 rings (SSSR count). The number of nitrogens with zero attached hydrogens (tertiary/aromatic N) is 6. The fraction of sp³-hybridized carbons (Fsp3) is 0.417. The Morgan fingerprint density at radius 1 is 1.00 bits per heavy atom. The highest BCUT2D eigenvalue weighted by Gasteiger charge is 2.39. The van der Waals surface area contributed by atoms with Gasteiger partial charge in [0, 0.05) is 40.8 Å². The minimum absolute atomic E-state index is 0.0131. The van der Waals surface area contributed by atoms with Crippen LogP contribution in [-0.2, 0) is 7.05 Å². The van der Waals surface area contributed by atoms with Gasteiger partial charge in [0.05, 0.1) is 23.6 Å². The maximum atomic E-state index is 10.7. The molecule has 0 unspecified atom stereocenters. The van der Waals surface area contributed by atoms with Crippen molar-refractivity contribution in [2.45, 2.75) is 57.7 Å². The Bertz CT molecular complexity index is 1280. The van der Waals surface area contributed by atoms with Gasteiger partial charge in [0.15, 0.2) is 5.65 Å². The number of phenolic OH excluding ortho intramolecular Hbond substituents is 1. The highest BCUT2D eigenvalue weighted by atomic mass is 16.3. The number of fused-ring (bicyclic) bond motifs is 1. The van der Waals surface area contributed by atoms with E-state index in [1.165, 1.54) is 0 Å². The molecule has 0 spiro atoms. The van der Waals surface area contributed by atoms with Crippen LogP contribution in [0.5, 0.6) is 5.75 Å². The van der Waals surface area contributed by atoms with Crippen LogP contribution in [0.4, 0.5) is 0 Å². The second-order valence-corrected chi connectivity index (χ2v) is 10.2. The van der Waals surface area contributed by atoms with Gasteiger partial charge in [-0.25, -0.2) is 4.68 Å². The minimum Gasteiger partial charge on any atom is -0.507 e. The van der Waals surface area contributed by atoms with E-state index < -0.39 is 0 Å². The van der Waals surface area contributed by atoms with Crippen LogP contribution in [0.25, 0.3) is 33.5 Å². The van der Waals surface area contributed by atoms with Crippen molar-refractivity contribution in [2.75, 3.05) is 0 Å². The molecule has 3 aromatic heterocycles. The number of hydrogen-bond acceptors (Lipinski definition) is 6. The molecule has 1 aromatic carbocycles. The van der Waals surface area contributed by atoms with Crippen molar-refractivity contribution in [2.24, 2.45) is 7.05 Å².